The van der Waals surface area contributed by atoms with Crippen LogP contribution in [0.3, 0.4) is 0 Å². The molecule has 0 unspecified atom stereocenters. The van der Waals surface area contributed by atoms with E-state index in [0.717, 1.165) is 0 Å². The van der Waals surface area contributed by atoms with Crippen LogP contribution >= 0.6 is 0 Å². The fourth-order valence-corrected chi connectivity index (χ4v) is 0. The van der Waals surface area contributed by atoms with Crippen LogP contribution in [0.1, 0.15) is 0 Å². The molecule has 0 nitrogen and oxygen atoms in total. The van der Waals surface area contributed by atoms with Gasteiger partial charge in [-0.05, 0) is 0 Å². The summed E-state index contributed by atoms with van der Waals surface area (Å²) in [6, 6.07) is 0. The Bertz CT molecular complexity index is 3.61. The summed E-state index contributed by atoms with van der Waals surface area (Å²) >= 11 is 0. The Labute approximate surface area is 96.5 Å². The molecule has 0 saturated carbocycles. The van der Waals surface area contributed by atoms with Gasteiger partial charge in [0.05, 0.1) is 0 Å². The van der Waals surface area contributed by atoms with Gasteiger partial charge in [0.15, 0.2) is 0 Å². The molecular formula is SnV4. The second-order valence-corrected chi connectivity index (χ2v) is 0. The second-order valence-electron chi connectivity index (χ2n) is 0. The van der Waals surface area contributed by atoms with Gasteiger partial charge in [-0.25, -0.2) is 0 Å². The first-order valence-corrected chi connectivity index (χ1v) is 0. The van der Waals surface area contributed by atoms with Crippen molar-refractivity contribution in [3.63, 3.8) is 0 Å². The summed E-state index contributed by atoms with van der Waals surface area (Å²) in [4.78, 5) is 0. The monoisotopic (exact) mass is 324 g/mol. The molecule has 24 valence electrons. The van der Waals surface area contributed by atoms with Gasteiger partial charge in [-0.3, -0.25) is 0 Å². The van der Waals surface area contributed by atoms with Crippen molar-refractivity contribution in [2.24, 2.45) is 0 Å². The minimum Gasteiger partial charge on any atom is 0 e. The molecule has 0 fully saturated rings. The van der Waals surface area contributed by atoms with E-state index < -0.39 is 0 Å². The van der Waals surface area contributed by atoms with Crippen LogP contribution in [0, 0.1) is 0 Å². The summed E-state index contributed by atoms with van der Waals surface area (Å²) in [6.07, 6.45) is 0. The van der Waals surface area contributed by atoms with Gasteiger partial charge in [0, 0.05) is 98.1 Å². The Morgan fingerprint density at radius 3 is 0.400 bits per heavy atom. The molecule has 8 radical (unpaired) electrons. The summed E-state index contributed by atoms with van der Waals surface area (Å²) in [7, 11) is 0. The van der Waals surface area contributed by atoms with Gasteiger partial charge in [-0.1, -0.05) is 0 Å². The van der Waals surface area contributed by atoms with E-state index in [0.29, 0.717) is 0 Å². The molecule has 0 saturated heterocycles. The maximum atomic E-state index is 0. The van der Waals surface area contributed by atoms with Crippen LogP contribution in [0.4, 0.5) is 0 Å². The van der Waals surface area contributed by atoms with Crippen LogP contribution in [0.25, 0.3) is 0 Å². The zero-order valence-corrected chi connectivity index (χ0v) is 10.7. The van der Waals surface area contributed by atoms with Crippen molar-refractivity contribution in [2.75, 3.05) is 0 Å². The van der Waals surface area contributed by atoms with Crippen LogP contribution in [0.5, 0.6) is 0 Å². The average molecular weight is 322 g/mol. The third kappa shape index (κ3) is 19.1. The second kappa shape index (κ2) is 27.3. The zero-order valence-electron chi connectivity index (χ0n) is 2.29. The van der Waals surface area contributed by atoms with E-state index in [1.807, 2.05) is 0 Å². The standard InChI is InChI=1S/Sn.4V. The average Bonchev–Trinajstić information content (AvgIpc) is 0. The van der Waals surface area contributed by atoms with Gasteiger partial charge in [0.25, 0.3) is 0 Å². The Morgan fingerprint density at radius 2 is 0.400 bits per heavy atom. The van der Waals surface area contributed by atoms with Gasteiger partial charge in [0.2, 0.25) is 0 Å². The van der Waals surface area contributed by atoms with Crippen LogP contribution in [-0.4, -0.2) is 23.9 Å². The van der Waals surface area contributed by atoms with Gasteiger partial charge in [0.1, 0.15) is 0 Å². The van der Waals surface area contributed by atoms with Crippen LogP contribution < -0.4 is 0 Å². The van der Waals surface area contributed by atoms with Gasteiger partial charge < -0.3 is 0 Å². The van der Waals surface area contributed by atoms with E-state index in [1.54, 1.807) is 0 Å². The maximum absolute atomic E-state index is 0. The van der Waals surface area contributed by atoms with E-state index in [9.17, 15) is 0 Å². The van der Waals surface area contributed by atoms with E-state index in [1.165, 1.54) is 0 Å². The molecule has 0 aromatic carbocycles. The Kier molecular flexibility index (Phi) is 230. The SMILES string of the molecule is [Sn].[V].[V].[V].[V]. The molecule has 0 spiro atoms. The molecule has 0 aliphatic carbocycles. The molecule has 0 bridgehead atoms. The van der Waals surface area contributed by atoms with E-state index >= 15 is 0 Å². The molecule has 0 atom stereocenters. The largest absolute Gasteiger partial charge is 0 e. The first-order valence-electron chi connectivity index (χ1n) is 0. The van der Waals surface area contributed by atoms with Gasteiger partial charge in [-0.15, -0.1) is 0 Å². The molecule has 0 aromatic rings. The predicted molar refractivity (Wildman–Crippen MR) is 5.75 cm³/mol. The Balaban J connectivity index is 0. The fraction of sp³-hybridized carbons (Fsp3) is 0. The third-order valence-electron chi connectivity index (χ3n) is 0. The topological polar surface area (TPSA) is 0 Å². The molecule has 0 N–H and O–H groups in total. The quantitative estimate of drug-likeness (QED) is 0.533. The third-order valence-corrected chi connectivity index (χ3v) is 0. The van der Waals surface area contributed by atoms with Gasteiger partial charge >= 0.3 is 0 Å². The summed E-state index contributed by atoms with van der Waals surface area (Å²) in [6.45, 7) is 0. The minimum atomic E-state index is 0. The molecule has 5 heteroatoms. The van der Waals surface area contributed by atoms with E-state index in [-0.39, 0.29) is 98.1 Å². The molecule has 0 aliphatic heterocycles. The van der Waals surface area contributed by atoms with Crippen LogP contribution in [0.2, 0.25) is 0 Å². The number of rotatable bonds is 0. The van der Waals surface area contributed by atoms with Crippen LogP contribution in [0.15, 0.2) is 0 Å². The minimum absolute atomic E-state index is 0. The van der Waals surface area contributed by atoms with Crippen molar-refractivity contribution < 1.29 is 74.2 Å². The van der Waals surface area contributed by atoms with Crippen molar-refractivity contribution >= 4 is 23.9 Å². The summed E-state index contributed by atoms with van der Waals surface area (Å²) < 4.78 is 0. The van der Waals surface area contributed by atoms with E-state index in [2.05, 4.69) is 0 Å². The van der Waals surface area contributed by atoms with Crippen molar-refractivity contribution in [1.29, 1.82) is 0 Å². The first kappa shape index (κ1) is 42.1. The van der Waals surface area contributed by atoms with Crippen molar-refractivity contribution in [2.45, 2.75) is 0 Å². The molecular weight excluding hydrogens is 322 g/mol. The van der Waals surface area contributed by atoms with Gasteiger partial charge in [-0.2, -0.15) is 0 Å². The molecule has 0 aromatic heterocycles. The molecule has 0 amide bonds. The molecule has 5 heavy (non-hydrogen) atoms. The summed E-state index contributed by atoms with van der Waals surface area (Å²) in [5.74, 6) is 0. The maximum Gasteiger partial charge on any atom is 0 e. The van der Waals surface area contributed by atoms with Crippen molar-refractivity contribution in [1.82, 2.24) is 0 Å². The summed E-state index contributed by atoms with van der Waals surface area (Å²) in [5, 5.41) is 0. The zero-order chi connectivity index (χ0) is 0. The van der Waals surface area contributed by atoms with Crippen molar-refractivity contribution in [3.8, 4) is 0 Å². The smallest absolute Gasteiger partial charge is 0 e. The molecule has 0 heterocycles. The van der Waals surface area contributed by atoms with E-state index in [4.69, 9.17) is 0 Å². The first-order chi connectivity index (χ1) is 0. The Hall–Kier alpha value is 3.14. The number of hydrogen-bond donors (Lipinski definition) is 0. The predicted octanol–water partition coefficient (Wildman–Crippen LogP) is -0.391. The Morgan fingerprint density at radius 1 is 0.400 bits per heavy atom. The number of hydrogen-bond acceptors (Lipinski definition) is 0. The molecule has 0 rings (SSSR count). The normalized spacial score (nSPS) is 0. The van der Waals surface area contributed by atoms with Crippen molar-refractivity contribution in [3.05, 3.63) is 0 Å². The molecule has 0 aliphatic rings. The van der Waals surface area contributed by atoms with Crippen LogP contribution in [-0.2, 0) is 74.2 Å². The fourth-order valence-electron chi connectivity index (χ4n) is 0. The summed E-state index contributed by atoms with van der Waals surface area (Å²) in [5.41, 5.74) is 0.